The van der Waals surface area contributed by atoms with Crippen molar-refractivity contribution in [3.63, 3.8) is 0 Å². The summed E-state index contributed by atoms with van der Waals surface area (Å²) < 4.78 is 16.5. The van der Waals surface area contributed by atoms with Gasteiger partial charge in [-0.1, -0.05) is 91.5 Å². The fourth-order valence-electron chi connectivity index (χ4n) is 3.47. The molecule has 1 aromatic heterocycles. The number of thioether (sulfide) groups is 1. The van der Waals surface area contributed by atoms with Crippen molar-refractivity contribution in [2.75, 3.05) is 0 Å². The van der Waals surface area contributed by atoms with Gasteiger partial charge in [0.15, 0.2) is 11.0 Å². The summed E-state index contributed by atoms with van der Waals surface area (Å²) in [6.07, 6.45) is 0.624. The van der Waals surface area contributed by atoms with Crippen molar-refractivity contribution in [1.29, 1.82) is 0 Å². The molecular weight excluding hydrogens is 435 g/mol. The Hall–Kier alpha value is -3.45. The van der Waals surface area contributed by atoms with Crippen LogP contribution in [0.5, 0.6) is 0 Å². The van der Waals surface area contributed by atoms with Crippen LogP contribution >= 0.6 is 11.8 Å². The van der Waals surface area contributed by atoms with Crippen LogP contribution in [0.15, 0.2) is 90.1 Å². The second-order valence-corrected chi connectivity index (χ2v) is 8.75. The first-order valence-corrected chi connectivity index (χ1v) is 11.7. The van der Waals surface area contributed by atoms with Gasteiger partial charge >= 0.3 is 0 Å². The number of nitrogens with zero attached hydrogens (tertiary/aromatic N) is 3. The van der Waals surface area contributed by atoms with E-state index in [9.17, 15) is 9.18 Å². The van der Waals surface area contributed by atoms with E-state index >= 15 is 0 Å². The molecule has 0 saturated heterocycles. The van der Waals surface area contributed by atoms with Crippen molar-refractivity contribution in [1.82, 2.24) is 20.1 Å². The molecule has 7 heteroatoms. The molecule has 1 unspecified atom stereocenters. The predicted molar refractivity (Wildman–Crippen MR) is 129 cm³/mol. The van der Waals surface area contributed by atoms with Crippen LogP contribution in [0.2, 0.25) is 0 Å². The maximum atomic E-state index is 14.6. The summed E-state index contributed by atoms with van der Waals surface area (Å²) in [5.74, 6) is 0.0236. The molecule has 4 rings (SSSR count). The van der Waals surface area contributed by atoms with Crippen LogP contribution in [0.4, 0.5) is 4.39 Å². The number of hydrogen-bond donors (Lipinski definition) is 1. The maximum Gasteiger partial charge on any atom is 0.233 e. The van der Waals surface area contributed by atoms with E-state index in [1.54, 1.807) is 18.2 Å². The molecule has 168 valence electrons. The molecule has 3 aromatic carbocycles. The molecule has 1 N–H and O–H groups in total. The zero-order chi connectivity index (χ0) is 23.0. The van der Waals surface area contributed by atoms with E-state index in [-0.39, 0.29) is 17.0 Å². The quantitative estimate of drug-likeness (QED) is 0.344. The average Bonchev–Trinajstić information content (AvgIpc) is 3.24. The highest BCUT2D eigenvalue weighted by Gasteiger charge is 2.24. The average molecular weight is 461 g/mol. The van der Waals surface area contributed by atoms with Crippen LogP contribution in [0, 0.1) is 5.82 Å². The van der Waals surface area contributed by atoms with Crippen molar-refractivity contribution in [2.45, 2.75) is 36.8 Å². The predicted octanol–water partition coefficient (Wildman–Crippen LogP) is 5.32. The Labute approximate surface area is 197 Å². The number of rotatable bonds is 9. The van der Waals surface area contributed by atoms with Crippen LogP contribution in [0.3, 0.4) is 0 Å². The minimum atomic E-state index is -0.358. The summed E-state index contributed by atoms with van der Waals surface area (Å²) in [4.78, 5) is 12.9. The summed E-state index contributed by atoms with van der Waals surface area (Å²) in [6, 6.07) is 26.2. The largest absolute Gasteiger partial charge is 0.351 e. The summed E-state index contributed by atoms with van der Waals surface area (Å²) in [6.45, 7) is 2.91. The summed E-state index contributed by atoms with van der Waals surface area (Å²) in [5, 5.41) is 11.9. The number of carbonyl (C=O) groups is 1. The molecule has 1 atom stereocenters. The van der Waals surface area contributed by atoms with Crippen molar-refractivity contribution >= 4 is 17.7 Å². The number of halogens is 1. The highest BCUT2D eigenvalue weighted by Crippen LogP contribution is 2.30. The van der Waals surface area contributed by atoms with Gasteiger partial charge in [0.25, 0.3) is 0 Å². The first-order chi connectivity index (χ1) is 16.2. The fourth-order valence-corrected chi connectivity index (χ4v) is 4.45. The third kappa shape index (κ3) is 5.68. The maximum absolute atomic E-state index is 14.6. The molecule has 0 saturated carbocycles. The highest BCUT2D eigenvalue weighted by molar-refractivity contribution is 8.00. The lowest BCUT2D eigenvalue weighted by molar-refractivity contribution is -0.120. The molecule has 0 radical (unpaired) electrons. The number of benzene rings is 3. The molecule has 0 bridgehead atoms. The van der Waals surface area contributed by atoms with E-state index in [4.69, 9.17) is 0 Å². The third-order valence-electron chi connectivity index (χ3n) is 5.24. The van der Waals surface area contributed by atoms with Crippen molar-refractivity contribution in [3.8, 4) is 11.4 Å². The smallest absolute Gasteiger partial charge is 0.233 e. The number of hydrogen-bond acceptors (Lipinski definition) is 4. The normalized spacial score (nSPS) is 11.8. The Morgan fingerprint density at radius 3 is 2.24 bits per heavy atom. The Balaban J connectivity index is 1.59. The highest BCUT2D eigenvalue weighted by atomic mass is 32.2. The van der Waals surface area contributed by atoms with Crippen LogP contribution in [0.25, 0.3) is 11.4 Å². The van der Waals surface area contributed by atoms with Gasteiger partial charge in [-0.05, 0) is 29.7 Å². The third-order valence-corrected chi connectivity index (χ3v) is 6.58. The molecule has 0 aliphatic heterocycles. The minimum absolute atomic E-state index is 0.0620. The number of carbonyl (C=O) groups excluding carboxylic acids is 1. The van der Waals surface area contributed by atoms with Crippen LogP contribution in [-0.4, -0.2) is 25.9 Å². The van der Waals surface area contributed by atoms with Crippen LogP contribution < -0.4 is 5.32 Å². The van der Waals surface area contributed by atoms with Gasteiger partial charge in [-0.2, -0.15) is 0 Å². The summed E-state index contributed by atoms with van der Waals surface area (Å²) in [5.41, 5.74) is 2.47. The van der Waals surface area contributed by atoms with Gasteiger partial charge in [0.2, 0.25) is 5.91 Å². The summed E-state index contributed by atoms with van der Waals surface area (Å²) >= 11 is 1.35. The van der Waals surface area contributed by atoms with E-state index < -0.39 is 0 Å². The van der Waals surface area contributed by atoms with Crippen LogP contribution in [0.1, 0.15) is 24.5 Å². The lowest BCUT2D eigenvalue weighted by Gasteiger charge is -2.16. The van der Waals surface area contributed by atoms with E-state index in [1.165, 1.54) is 17.8 Å². The van der Waals surface area contributed by atoms with E-state index in [0.29, 0.717) is 36.1 Å². The fraction of sp³-hybridized carbons (Fsp3) is 0.192. The molecule has 1 amide bonds. The molecule has 0 aliphatic carbocycles. The van der Waals surface area contributed by atoms with Crippen molar-refractivity contribution < 1.29 is 9.18 Å². The Bertz CT molecular complexity index is 1200. The van der Waals surface area contributed by atoms with E-state index in [0.717, 1.165) is 11.1 Å². The first kappa shape index (κ1) is 22.7. The zero-order valence-electron chi connectivity index (χ0n) is 18.3. The number of nitrogens with one attached hydrogen (secondary N) is 1. The molecular formula is C26H25FN4OS. The van der Waals surface area contributed by atoms with E-state index in [2.05, 4.69) is 15.5 Å². The SMILES string of the molecule is CCC(Sc1nnc(-c2ccccc2F)n1Cc1ccccc1)C(=O)NCc1ccccc1. The van der Waals surface area contributed by atoms with Gasteiger partial charge in [0.05, 0.1) is 17.4 Å². The molecule has 4 aromatic rings. The van der Waals surface area contributed by atoms with Gasteiger partial charge < -0.3 is 5.32 Å². The monoisotopic (exact) mass is 460 g/mol. The number of aromatic nitrogens is 3. The second-order valence-electron chi connectivity index (χ2n) is 7.58. The molecule has 33 heavy (non-hydrogen) atoms. The molecule has 5 nitrogen and oxygen atoms in total. The second kappa shape index (κ2) is 10.9. The number of amides is 1. The van der Waals surface area contributed by atoms with Gasteiger partial charge in [-0.15, -0.1) is 10.2 Å². The molecule has 0 fully saturated rings. The minimum Gasteiger partial charge on any atom is -0.351 e. The molecule has 1 heterocycles. The lowest BCUT2D eigenvalue weighted by atomic mass is 10.2. The van der Waals surface area contributed by atoms with Crippen molar-refractivity contribution in [2.24, 2.45) is 0 Å². The van der Waals surface area contributed by atoms with Gasteiger partial charge in [-0.25, -0.2) is 4.39 Å². The van der Waals surface area contributed by atoms with Gasteiger partial charge in [0, 0.05) is 6.54 Å². The molecule has 0 aliphatic rings. The standard InChI is InChI=1S/C26H25FN4OS/c1-2-23(25(32)28-17-19-11-5-3-6-12-19)33-26-30-29-24(21-15-9-10-16-22(21)27)31(26)18-20-13-7-4-8-14-20/h3-16,23H,2,17-18H2,1H3,(H,28,32). The van der Waals surface area contributed by atoms with Gasteiger partial charge in [0.1, 0.15) is 5.82 Å². The van der Waals surface area contributed by atoms with Crippen molar-refractivity contribution in [3.05, 3.63) is 102 Å². The van der Waals surface area contributed by atoms with Crippen LogP contribution in [-0.2, 0) is 17.9 Å². The molecule has 0 spiro atoms. The zero-order valence-corrected chi connectivity index (χ0v) is 19.1. The Morgan fingerprint density at radius 1 is 0.939 bits per heavy atom. The van der Waals surface area contributed by atoms with Gasteiger partial charge in [-0.3, -0.25) is 9.36 Å². The summed E-state index contributed by atoms with van der Waals surface area (Å²) in [7, 11) is 0. The van der Waals surface area contributed by atoms with E-state index in [1.807, 2.05) is 72.2 Å². The lowest BCUT2D eigenvalue weighted by Crippen LogP contribution is -2.32. The Kier molecular flexibility index (Phi) is 7.52. The first-order valence-electron chi connectivity index (χ1n) is 10.9. The Morgan fingerprint density at radius 2 is 1.58 bits per heavy atom. The topological polar surface area (TPSA) is 59.8 Å².